The molecule has 0 atom stereocenters. The van der Waals surface area contributed by atoms with Crippen molar-refractivity contribution in [3.63, 3.8) is 0 Å². The molecule has 0 heterocycles. The number of hydrogen-bond acceptors (Lipinski definition) is 4. The highest BCUT2D eigenvalue weighted by Gasteiger charge is 2.12. The van der Waals surface area contributed by atoms with Gasteiger partial charge < -0.3 is 19.5 Å². The molecule has 0 aromatic heterocycles. The second kappa shape index (κ2) is 7.54. The molecule has 0 aliphatic carbocycles. The van der Waals surface area contributed by atoms with Gasteiger partial charge in [0.15, 0.2) is 0 Å². The summed E-state index contributed by atoms with van der Waals surface area (Å²) in [6.07, 6.45) is 0.247. The fraction of sp³-hybridized carbons (Fsp3) is 0.278. The van der Waals surface area contributed by atoms with Crippen LogP contribution in [0.15, 0.2) is 36.4 Å². The highest BCUT2D eigenvalue weighted by atomic mass is 16.5. The maximum atomic E-state index is 12.3. The van der Waals surface area contributed by atoms with Crippen molar-refractivity contribution < 1.29 is 19.0 Å². The lowest BCUT2D eigenvalue weighted by Gasteiger charge is -2.14. The molecule has 5 heteroatoms. The molecule has 0 aliphatic rings. The van der Waals surface area contributed by atoms with Crippen molar-refractivity contribution in [3.8, 4) is 17.2 Å². The number of rotatable bonds is 6. The number of hydrogen-bond donors (Lipinski definition) is 1. The van der Waals surface area contributed by atoms with Gasteiger partial charge in [-0.2, -0.15) is 0 Å². The number of methoxy groups -OCH3 is 3. The van der Waals surface area contributed by atoms with Gasteiger partial charge in [0.05, 0.1) is 33.4 Å². The third kappa shape index (κ3) is 4.16. The summed E-state index contributed by atoms with van der Waals surface area (Å²) in [5.41, 5.74) is 2.40. The van der Waals surface area contributed by atoms with Gasteiger partial charge in [-0.05, 0) is 36.2 Å². The van der Waals surface area contributed by atoms with Crippen LogP contribution in [-0.4, -0.2) is 27.2 Å². The molecule has 0 fully saturated rings. The molecule has 1 N–H and O–H groups in total. The lowest BCUT2D eigenvalue weighted by atomic mass is 10.1. The summed E-state index contributed by atoms with van der Waals surface area (Å²) >= 11 is 0. The van der Waals surface area contributed by atoms with Crippen LogP contribution in [0.5, 0.6) is 17.2 Å². The zero-order valence-electron chi connectivity index (χ0n) is 13.8. The van der Waals surface area contributed by atoms with Crippen LogP contribution < -0.4 is 19.5 Å². The Kier molecular flexibility index (Phi) is 5.46. The largest absolute Gasteiger partial charge is 0.497 e. The van der Waals surface area contributed by atoms with Crippen molar-refractivity contribution in [2.24, 2.45) is 0 Å². The molecule has 122 valence electrons. The maximum absolute atomic E-state index is 12.3. The normalized spacial score (nSPS) is 10.1. The average molecular weight is 315 g/mol. The van der Waals surface area contributed by atoms with Crippen LogP contribution in [0.1, 0.15) is 11.1 Å². The number of aryl methyl sites for hydroxylation is 1. The number of anilines is 1. The molecule has 0 spiro atoms. The predicted molar refractivity (Wildman–Crippen MR) is 89.6 cm³/mol. The van der Waals surface area contributed by atoms with Gasteiger partial charge in [-0.3, -0.25) is 4.79 Å². The summed E-state index contributed by atoms with van der Waals surface area (Å²) in [5, 5.41) is 2.86. The van der Waals surface area contributed by atoms with Gasteiger partial charge in [0.2, 0.25) is 5.91 Å². The first-order valence-electron chi connectivity index (χ1n) is 7.22. The van der Waals surface area contributed by atoms with Crippen molar-refractivity contribution in [3.05, 3.63) is 47.5 Å². The minimum absolute atomic E-state index is 0.137. The summed E-state index contributed by atoms with van der Waals surface area (Å²) in [6, 6.07) is 11.0. The third-order valence-corrected chi connectivity index (χ3v) is 3.49. The van der Waals surface area contributed by atoms with E-state index in [0.717, 1.165) is 16.9 Å². The number of carbonyl (C=O) groups excluding carboxylic acids is 1. The van der Waals surface area contributed by atoms with Gasteiger partial charge >= 0.3 is 0 Å². The second-order valence-corrected chi connectivity index (χ2v) is 5.10. The minimum Gasteiger partial charge on any atom is -0.497 e. The van der Waals surface area contributed by atoms with Crippen LogP contribution in [0.3, 0.4) is 0 Å². The van der Waals surface area contributed by atoms with E-state index < -0.39 is 0 Å². The Morgan fingerprint density at radius 2 is 1.74 bits per heavy atom. The van der Waals surface area contributed by atoms with Gasteiger partial charge in [-0.1, -0.05) is 12.1 Å². The summed E-state index contributed by atoms with van der Waals surface area (Å²) in [7, 11) is 4.76. The highest BCUT2D eigenvalue weighted by Crippen LogP contribution is 2.32. The van der Waals surface area contributed by atoms with Crippen molar-refractivity contribution >= 4 is 11.6 Å². The lowest BCUT2D eigenvalue weighted by molar-refractivity contribution is -0.115. The summed E-state index contributed by atoms with van der Waals surface area (Å²) in [6.45, 7) is 1.92. The molecular formula is C18H21NO4. The Balaban J connectivity index is 2.16. The molecule has 2 aromatic carbocycles. The van der Waals surface area contributed by atoms with E-state index >= 15 is 0 Å². The molecule has 2 rings (SSSR count). The standard InChI is InChI=1S/C18H21NO4/c1-12-8-17(23-4)15(11-16(12)22-3)19-18(20)10-13-6-5-7-14(9-13)21-2/h5-9,11H,10H2,1-4H3,(H,19,20). The lowest BCUT2D eigenvalue weighted by Crippen LogP contribution is -2.15. The second-order valence-electron chi connectivity index (χ2n) is 5.10. The van der Waals surface area contributed by atoms with Crippen LogP contribution in [0.4, 0.5) is 5.69 Å². The van der Waals surface area contributed by atoms with Crippen molar-refractivity contribution in [1.29, 1.82) is 0 Å². The van der Waals surface area contributed by atoms with Gasteiger partial charge in [-0.25, -0.2) is 0 Å². The van der Waals surface area contributed by atoms with Crippen molar-refractivity contribution in [2.75, 3.05) is 26.6 Å². The van der Waals surface area contributed by atoms with Crippen LogP contribution in [0, 0.1) is 6.92 Å². The van der Waals surface area contributed by atoms with E-state index in [0.29, 0.717) is 17.2 Å². The summed E-state index contributed by atoms with van der Waals surface area (Å²) < 4.78 is 15.8. The molecule has 2 aromatic rings. The topological polar surface area (TPSA) is 56.8 Å². The molecule has 0 bridgehead atoms. The molecule has 0 aliphatic heterocycles. The number of ether oxygens (including phenoxy) is 3. The van der Waals surface area contributed by atoms with Crippen molar-refractivity contribution in [2.45, 2.75) is 13.3 Å². The van der Waals surface area contributed by atoms with E-state index in [-0.39, 0.29) is 12.3 Å². The maximum Gasteiger partial charge on any atom is 0.228 e. The minimum atomic E-state index is -0.137. The Morgan fingerprint density at radius 1 is 1.00 bits per heavy atom. The zero-order valence-corrected chi connectivity index (χ0v) is 13.8. The van der Waals surface area contributed by atoms with Crippen LogP contribution in [-0.2, 0) is 11.2 Å². The van der Waals surface area contributed by atoms with Crippen molar-refractivity contribution in [1.82, 2.24) is 0 Å². The molecule has 0 saturated carbocycles. The SMILES string of the molecule is COc1cccc(CC(=O)Nc2cc(OC)c(C)cc2OC)c1. The van der Waals surface area contributed by atoms with Gasteiger partial charge in [-0.15, -0.1) is 0 Å². The van der Waals surface area contributed by atoms with E-state index in [4.69, 9.17) is 14.2 Å². The smallest absolute Gasteiger partial charge is 0.228 e. The molecule has 0 unspecified atom stereocenters. The summed E-state index contributed by atoms with van der Waals surface area (Å²) in [4.78, 5) is 12.3. The van der Waals surface area contributed by atoms with Gasteiger partial charge in [0.25, 0.3) is 0 Å². The Morgan fingerprint density at radius 3 is 2.39 bits per heavy atom. The molecule has 0 radical (unpaired) electrons. The number of nitrogens with one attached hydrogen (secondary N) is 1. The van der Waals surface area contributed by atoms with E-state index in [1.165, 1.54) is 0 Å². The van der Waals surface area contributed by atoms with E-state index in [1.54, 1.807) is 27.4 Å². The number of amides is 1. The molecular weight excluding hydrogens is 294 g/mol. The average Bonchev–Trinajstić information content (AvgIpc) is 2.56. The Bertz CT molecular complexity index is 697. The van der Waals surface area contributed by atoms with Crippen LogP contribution in [0.2, 0.25) is 0 Å². The fourth-order valence-electron chi connectivity index (χ4n) is 2.31. The predicted octanol–water partition coefficient (Wildman–Crippen LogP) is 3.20. The molecule has 0 saturated heterocycles. The Labute approximate surface area is 136 Å². The van der Waals surface area contributed by atoms with Crippen LogP contribution >= 0.6 is 0 Å². The Hall–Kier alpha value is -2.69. The van der Waals surface area contributed by atoms with E-state index in [1.807, 2.05) is 37.3 Å². The first-order valence-corrected chi connectivity index (χ1v) is 7.22. The zero-order chi connectivity index (χ0) is 16.8. The van der Waals surface area contributed by atoms with Crippen LogP contribution in [0.25, 0.3) is 0 Å². The van der Waals surface area contributed by atoms with E-state index in [9.17, 15) is 4.79 Å². The van der Waals surface area contributed by atoms with Gasteiger partial charge in [0.1, 0.15) is 17.2 Å². The van der Waals surface area contributed by atoms with E-state index in [2.05, 4.69) is 5.32 Å². The number of benzene rings is 2. The quantitative estimate of drug-likeness (QED) is 0.889. The first-order chi connectivity index (χ1) is 11.1. The fourth-order valence-corrected chi connectivity index (χ4v) is 2.31. The highest BCUT2D eigenvalue weighted by molar-refractivity contribution is 5.94. The number of carbonyl (C=O) groups is 1. The molecule has 1 amide bonds. The summed E-state index contributed by atoms with van der Waals surface area (Å²) in [5.74, 6) is 1.89. The third-order valence-electron chi connectivity index (χ3n) is 3.49. The first kappa shape index (κ1) is 16.7. The molecule has 23 heavy (non-hydrogen) atoms. The van der Waals surface area contributed by atoms with Gasteiger partial charge in [0, 0.05) is 6.07 Å². The monoisotopic (exact) mass is 315 g/mol. The molecule has 5 nitrogen and oxygen atoms in total.